The van der Waals surface area contributed by atoms with Gasteiger partial charge >= 0.3 is 0 Å². The number of hydrogen-bond acceptors (Lipinski definition) is 1. The fourth-order valence-corrected chi connectivity index (χ4v) is 0.949. The fraction of sp³-hybridized carbons (Fsp3) is 0.200. The first-order valence-electron chi connectivity index (χ1n) is 3.71. The van der Waals surface area contributed by atoms with Crippen LogP contribution < -0.4 is 0 Å². The molecule has 0 saturated heterocycles. The van der Waals surface area contributed by atoms with Gasteiger partial charge in [-0.2, -0.15) is 0 Å². The van der Waals surface area contributed by atoms with Gasteiger partial charge in [0.25, 0.3) is 0 Å². The molecule has 0 bridgehead atoms. The average Bonchev–Trinajstić information content (AvgIpc) is 2.11. The topological polar surface area (TPSA) is 20.2 Å². The predicted molar refractivity (Wildman–Crippen MR) is 44.9 cm³/mol. The molecule has 0 amide bonds. The third-order valence-corrected chi connectivity index (χ3v) is 1.61. The number of aliphatic hydroxyl groups excluding tert-OH is 1. The number of benzene rings is 1. The Labute approximate surface area is 75.0 Å². The average molecular weight is 182 g/mol. The van der Waals surface area contributed by atoms with E-state index in [-0.39, 0.29) is 6.42 Å². The molecule has 0 fully saturated rings. The van der Waals surface area contributed by atoms with Gasteiger partial charge in [-0.25, -0.2) is 8.78 Å². The van der Waals surface area contributed by atoms with E-state index < -0.39 is 17.7 Å². The van der Waals surface area contributed by atoms with Crippen LogP contribution >= 0.6 is 0 Å². The highest BCUT2D eigenvalue weighted by molar-refractivity contribution is 5.20. The molecule has 0 saturated carbocycles. The summed E-state index contributed by atoms with van der Waals surface area (Å²) < 4.78 is 25.1. The molecule has 0 aliphatic rings. The first kappa shape index (κ1) is 9.69. The van der Waals surface area contributed by atoms with E-state index in [1.165, 1.54) is 6.07 Å². The minimum Gasteiger partial charge on any atom is -0.380 e. The molecule has 1 nitrogen and oxygen atoms in total. The lowest BCUT2D eigenvalue weighted by atomic mass is 10.1. The van der Waals surface area contributed by atoms with Crippen molar-refractivity contribution in [3.8, 4) is 12.3 Å². The van der Waals surface area contributed by atoms with Gasteiger partial charge in [-0.05, 0) is 17.7 Å². The molecule has 1 atom stereocenters. The van der Waals surface area contributed by atoms with Crippen molar-refractivity contribution in [1.82, 2.24) is 0 Å². The highest BCUT2D eigenvalue weighted by atomic mass is 19.2. The summed E-state index contributed by atoms with van der Waals surface area (Å²) in [5.41, 5.74) is 0.476. The van der Waals surface area contributed by atoms with Gasteiger partial charge in [-0.1, -0.05) is 12.0 Å². The molecule has 0 spiro atoms. The maximum absolute atomic E-state index is 12.6. The second-order valence-corrected chi connectivity index (χ2v) is 2.64. The van der Waals surface area contributed by atoms with Crippen LogP contribution in [0.25, 0.3) is 0 Å². The van der Waals surface area contributed by atoms with Gasteiger partial charge < -0.3 is 5.11 Å². The largest absolute Gasteiger partial charge is 0.380 e. The third kappa shape index (κ3) is 2.53. The molecular weight excluding hydrogens is 174 g/mol. The van der Waals surface area contributed by atoms with Crippen molar-refractivity contribution in [3.05, 3.63) is 35.4 Å². The van der Waals surface area contributed by atoms with Crippen LogP contribution in [-0.2, 0) is 6.42 Å². The Balaban J connectivity index is 2.81. The van der Waals surface area contributed by atoms with Crippen LogP contribution in [0.1, 0.15) is 5.56 Å². The Hall–Kier alpha value is -1.40. The van der Waals surface area contributed by atoms with E-state index in [9.17, 15) is 8.78 Å². The minimum absolute atomic E-state index is 0.133. The van der Waals surface area contributed by atoms with Crippen LogP contribution in [0.4, 0.5) is 8.78 Å². The van der Waals surface area contributed by atoms with E-state index in [1.54, 1.807) is 0 Å². The molecule has 0 aromatic heterocycles. The maximum Gasteiger partial charge on any atom is 0.159 e. The second kappa shape index (κ2) is 4.01. The summed E-state index contributed by atoms with van der Waals surface area (Å²) in [6.45, 7) is 0. The molecule has 68 valence electrons. The Bertz CT molecular complexity index is 341. The molecule has 1 N–H and O–H groups in total. The fourth-order valence-electron chi connectivity index (χ4n) is 0.949. The molecule has 0 aliphatic heterocycles. The molecule has 1 unspecified atom stereocenters. The van der Waals surface area contributed by atoms with Crippen molar-refractivity contribution in [2.24, 2.45) is 0 Å². The van der Waals surface area contributed by atoms with Gasteiger partial charge in [0, 0.05) is 6.42 Å². The van der Waals surface area contributed by atoms with Gasteiger partial charge in [-0.15, -0.1) is 6.42 Å². The molecule has 1 aromatic rings. The lowest BCUT2D eigenvalue weighted by Gasteiger charge is -2.03. The number of aliphatic hydroxyl groups is 1. The van der Waals surface area contributed by atoms with Crippen LogP contribution in [-0.4, -0.2) is 11.2 Å². The molecule has 13 heavy (non-hydrogen) atoms. The van der Waals surface area contributed by atoms with Crippen molar-refractivity contribution in [1.29, 1.82) is 0 Å². The second-order valence-electron chi connectivity index (χ2n) is 2.64. The standard InChI is InChI=1S/C10H8F2O/c1-2-8(13)5-7-3-4-9(11)10(12)6-7/h1,3-4,6,8,13H,5H2. The number of rotatable bonds is 2. The first-order valence-corrected chi connectivity index (χ1v) is 3.71. The summed E-state index contributed by atoms with van der Waals surface area (Å²) in [5, 5.41) is 9.02. The van der Waals surface area contributed by atoms with E-state index in [1.807, 2.05) is 0 Å². The Kier molecular flexibility index (Phi) is 2.99. The number of halogens is 2. The monoisotopic (exact) mass is 182 g/mol. The van der Waals surface area contributed by atoms with Crippen molar-refractivity contribution >= 4 is 0 Å². The lowest BCUT2D eigenvalue weighted by molar-refractivity contribution is 0.233. The van der Waals surface area contributed by atoms with Crippen molar-refractivity contribution < 1.29 is 13.9 Å². The van der Waals surface area contributed by atoms with Crippen molar-refractivity contribution in [3.63, 3.8) is 0 Å². The zero-order valence-electron chi connectivity index (χ0n) is 6.80. The van der Waals surface area contributed by atoms with Gasteiger partial charge in [0.1, 0.15) is 6.10 Å². The Morgan fingerprint density at radius 2 is 2.08 bits per heavy atom. The summed E-state index contributed by atoms with van der Waals surface area (Å²) in [6.07, 6.45) is 4.10. The van der Waals surface area contributed by atoms with Gasteiger partial charge in [0.05, 0.1) is 0 Å². The molecule has 0 radical (unpaired) electrons. The Morgan fingerprint density at radius 1 is 1.38 bits per heavy atom. The van der Waals surface area contributed by atoms with Crippen LogP contribution in [0.5, 0.6) is 0 Å². The van der Waals surface area contributed by atoms with E-state index in [0.29, 0.717) is 5.56 Å². The SMILES string of the molecule is C#CC(O)Cc1ccc(F)c(F)c1. The molecule has 0 heterocycles. The highest BCUT2D eigenvalue weighted by Crippen LogP contribution is 2.10. The van der Waals surface area contributed by atoms with Crippen LogP contribution in [0.2, 0.25) is 0 Å². The summed E-state index contributed by atoms with van der Waals surface area (Å²) in [7, 11) is 0. The normalized spacial score (nSPS) is 12.2. The lowest BCUT2D eigenvalue weighted by Crippen LogP contribution is -2.07. The van der Waals surface area contributed by atoms with E-state index in [0.717, 1.165) is 12.1 Å². The summed E-state index contributed by atoms with van der Waals surface area (Å²) >= 11 is 0. The molecule has 1 aromatic carbocycles. The minimum atomic E-state index is -0.954. The summed E-state index contributed by atoms with van der Waals surface area (Å²) in [6, 6.07) is 3.42. The van der Waals surface area contributed by atoms with Crippen molar-refractivity contribution in [2.75, 3.05) is 0 Å². The first-order chi connectivity index (χ1) is 6.13. The molecule has 3 heteroatoms. The van der Waals surface area contributed by atoms with Gasteiger partial charge in [0.2, 0.25) is 0 Å². The van der Waals surface area contributed by atoms with Crippen LogP contribution in [0.15, 0.2) is 18.2 Å². The third-order valence-electron chi connectivity index (χ3n) is 1.61. The molecular formula is C10H8F2O. The smallest absolute Gasteiger partial charge is 0.159 e. The number of hydrogen-bond donors (Lipinski definition) is 1. The van der Waals surface area contributed by atoms with Gasteiger partial charge in [-0.3, -0.25) is 0 Å². The molecule has 0 aliphatic carbocycles. The summed E-state index contributed by atoms with van der Waals surface area (Å²) in [4.78, 5) is 0. The van der Waals surface area contributed by atoms with Gasteiger partial charge in [0.15, 0.2) is 11.6 Å². The zero-order chi connectivity index (χ0) is 9.84. The van der Waals surface area contributed by atoms with E-state index in [2.05, 4.69) is 5.92 Å². The van der Waals surface area contributed by atoms with Crippen LogP contribution in [0, 0.1) is 24.0 Å². The summed E-state index contributed by atoms with van der Waals surface area (Å²) in [5.74, 6) is 0.254. The number of terminal acetylenes is 1. The highest BCUT2D eigenvalue weighted by Gasteiger charge is 2.05. The van der Waals surface area contributed by atoms with Crippen molar-refractivity contribution in [2.45, 2.75) is 12.5 Å². The predicted octanol–water partition coefficient (Wildman–Crippen LogP) is 1.50. The molecule has 1 rings (SSSR count). The quantitative estimate of drug-likeness (QED) is 0.687. The van der Waals surface area contributed by atoms with E-state index >= 15 is 0 Å². The van der Waals surface area contributed by atoms with Crippen LogP contribution in [0.3, 0.4) is 0 Å². The zero-order valence-corrected chi connectivity index (χ0v) is 6.80. The Morgan fingerprint density at radius 3 is 2.62 bits per heavy atom. The van der Waals surface area contributed by atoms with E-state index in [4.69, 9.17) is 11.5 Å². The maximum atomic E-state index is 12.6.